The van der Waals surface area contributed by atoms with E-state index in [1.165, 1.54) is 0 Å². The second kappa shape index (κ2) is 8.53. The zero-order valence-electron chi connectivity index (χ0n) is 5.53. The lowest BCUT2D eigenvalue weighted by molar-refractivity contribution is 1.79. The van der Waals surface area contributed by atoms with Gasteiger partial charge in [-0.05, 0) is 34.5 Å². The molecule has 9 heavy (non-hydrogen) atoms. The van der Waals surface area contributed by atoms with E-state index < -0.39 is 0 Å². The molecule has 0 aromatic carbocycles. The van der Waals surface area contributed by atoms with E-state index >= 15 is 0 Å². The molecule has 0 heterocycles. The Hall–Kier alpha value is 0.530. The topological polar surface area (TPSA) is 0 Å². The van der Waals surface area contributed by atoms with Gasteiger partial charge < -0.3 is 0 Å². The van der Waals surface area contributed by atoms with E-state index in [1.807, 2.05) is 26.0 Å². The minimum atomic E-state index is 1.74. The lowest BCUT2D eigenvalue weighted by Crippen LogP contribution is -1.38. The third-order valence-corrected chi connectivity index (χ3v) is 3.94. The maximum atomic E-state index is 2.07. The van der Waals surface area contributed by atoms with Gasteiger partial charge >= 0.3 is 0 Å². The second-order valence-corrected chi connectivity index (χ2v) is 5.05. The minimum absolute atomic E-state index is 1.74. The number of hydrogen-bond acceptors (Lipinski definition) is 3. The summed E-state index contributed by atoms with van der Waals surface area (Å²) in [4.78, 5) is 0. The molecular formula is C6H10S3. The van der Waals surface area contributed by atoms with Crippen molar-refractivity contribution in [2.24, 2.45) is 0 Å². The molecule has 0 aromatic heterocycles. The minimum Gasteiger partial charge on any atom is -0.0804 e. The van der Waals surface area contributed by atoms with Crippen molar-refractivity contribution in [1.29, 1.82) is 0 Å². The summed E-state index contributed by atoms with van der Waals surface area (Å²) in [6, 6.07) is 0. The maximum Gasteiger partial charge on any atom is -0.0158 e. The molecule has 0 aliphatic heterocycles. The van der Waals surface area contributed by atoms with E-state index in [0.29, 0.717) is 0 Å². The molecule has 0 bridgehead atoms. The highest BCUT2D eigenvalue weighted by atomic mass is 33.5. The molecule has 0 saturated heterocycles. The summed E-state index contributed by atoms with van der Waals surface area (Å²) in [5, 5.41) is 4.14. The molecule has 0 radical (unpaired) electrons. The van der Waals surface area contributed by atoms with Gasteiger partial charge in [-0.3, -0.25) is 0 Å². The fraction of sp³-hybridized carbons (Fsp3) is 0.333. The summed E-state index contributed by atoms with van der Waals surface area (Å²) in [6.07, 6.45) is 4.07. The van der Waals surface area contributed by atoms with Crippen molar-refractivity contribution in [3.8, 4) is 0 Å². The van der Waals surface area contributed by atoms with E-state index in [4.69, 9.17) is 0 Å². The van der Waals surface area contributed by atoms with Crippen molar-refractivity contribution >= 4 is 31.4 Å². The van der Waals surface area contributed by atoms with Crippen molar-refractivity contribution in [2.45, 2.75) is 13.8 Å². The maximum absolute atomic E-state index is 2.07. The van der Waals surface area contributed by atoms with Crippen LogP contribution in [0.4, 0.5) is 0 Å². The van der Waals surface area contributed by atoms with Crippen LogP contribution >= 0.6 is 31.4 Å². The molecule has 3 heteroatoms. The van der Waals surface area contributed by atoms with Gasteiger partial charge in [0.15, 0.2) is 0 Å². The predicted molar refractivity (Wildman–Crippen MR) is 52.4 cm³/mol. The summed E-state index contributed by atoms with van der Waals surface area (Å²) in [5.41, 5.74) is 0. The van der Waals surface area contributed by atoms with Crippen LogP contribution in [-0.4, -0.2) is 0 Å². The first-order valence-electron chi connectivity index (χ1n) is 2.63. The Labute approximate surface area is 68.4 Å². The fourth-order valence-electron chi connectivity index (χ4n) is 0.179. The van der Waals surface area contributed by atoms with Gasteiger partial charge in [0, 0.05) is 0 Å². The zero-order valence-corrected chi connectivity index (χ0v) is 7.98. The number of rotatable bonds is 4. The van der Waals surface area contributed by atoms with Gasteiger partial charge in [-0.25, -0.2) is 0 Å². The largest absolute Gasteiger partial charge is 0.0804 e. The van der Waals surface area contributed by atoms with Crippen LogP contribution in [-0.2, 0) is 0 Å². The number of hydrogen-bond donors (Lipinski definition) is 0. The quantitative estimate of drug-likeness (QED) is 0.470. The monoisotopic (exact) mass is 178 g/mol. The molecule has 0 amide bonds. The fourth-order valence-corrected chi connectivity index (χ4v) is 2.84. The van der Waals surface area contributed by atoms with Crippen LogP contribution in [0.15, 0.2) is 23.0 Å². The second-order valence-electron chi connectivity index (χ2n) is 1.20. The molecule has 52 valence electrons. The molecule has 0 unspecified atom stereocenters. The van der Waals surface area contributed by atoms with Crippen LogP contribution in [0.3, 0.4) is 0 Å². The molecule has 0 N–H and O–H groups in total. The smallest absolute Gasteiger partial charge is 0.0158 e. The van der Waals surface area contributed by atoms with Gasteiger partial charge in [0.2, 0.25) is 0 Å². The Morgan fingerprint density at radius 3 is 1.67 bits per heavy atom. The van der Waals surface area contributed by atoms with E-state index in [2.05, 4.69) is 10.8 Å². The summed E-state index contributed by atoms with van der Waals surface area (Å²) < 4.78 is 0. The molecular weight excluding hydrogens is 168 g/mol. The zero-order chi connectivity index (χ0) is 6.95. The molecule has 0 aliphatic rings. The molecule has 0 saturated carbocycles. The lowest BCUT2D eigenvalue weighted by Gasteiger charge is -1.85. The van der Waals surface area contributed by atoms with Crippen molar-refractivity contribution in [2.75, 3.05) is 0 Å². The molecule has 0 atom stereocenters. The SMILES string of the molecule is C/C=C\SSS/C=C\C. The van der Waals surface area contributed by atoms with Crippen molar-refractivity contribution < 1.29 is 0 Å². The molecule has 0 rings (SSSR count). The first-order chi connectivity index (χ1) is 4.41. The first-order valence-corrected chi connectivity index (χ1v) is 6.24. The van der Waals surface area contributed by atoms with Gasteiger partial charge in [0.25, 0.3) is 0 Å². The van der Waals surface area contributed by atoms with Gasteiger partial charge in [0.05, 0.1) is 0 Å². The van der Waals surface area contributed by atoms with E-state index in [0.717, 1.165) is 0 Å². The average molecular weight is 178 g/mol. The Kier molecular flexibility index (Phi) is 9.03. The van der Waals surface area contributed by atoms with Crippen molar-refractivity contribution in [3.05, 3.63) is 23.0 Å². The summed E-state index contributed by atoms with van der Waals surface area (Å²) >= 11 is 0. The third-order valence-electron chi connectivity index (χ3n) is 0.462. The molecule has 0 aliphatic carbocycles. The Bertz CT molecular complexity index is 84.5. The molecule has 0 fully saturated rings. The van der Waals surface area contributed by atoms with Gasteiger partial charge in [-0.2, -0.15) is 0 Å². The Morgan fingerprint density at radius 2 is 1.33 bits per heavy atom. The van der Waals surface area contributed by atoms with Gasteiger partial charge in [-0.15, -0.1) is 0 Å². The van der Waals surface area contributed by atoms with Crippen LogP contribution < -0.4 is 0 Å². The van der Waals surface area contributed by atoms with E-state index in [9.17, 15) is 0 Å². The van der Waals surface area contributed by atoms with Gasteiger partial charge in [-0.1, -0.05) is 33.7 Å². The average Bonchev–Trinajstić information content (AvgIpc) is 1.89. The first kappa shape index (κ1) is 9.53. The highest BCUT2D eigenvalue weighted by Crippen LogP contribution is 2.35. The van der Waals surface area contributed by atoms with Crippen molar-refractivity contribution in [1.82, 2.24) is 0 Å². The molecule has 0 nitrogen and oxygen atoms in total. The van der Waals surface area contributed by atoms with E-state index in [1.54, 1.807) is 31.4 Å². The Morgan fingerprint density at radius 1 is 0.889 bits per heavy atom. The van der Waals surface area contributed by atoms with Crippen molar-refractivity contribution in [3.63, 3.8) is 0 Å². The van der Waals surface area contributed by atoms with Crippen LogP contribution in [0, 0.1) is 0 Å². The highest BCUT2D eigenvalue weighted by molar-refractivity contribution is 9.10. The number of allylic oxidation sites excluding steroid dienone is 2. The Balaban J connectivity index is 2.91. The highest BCUT2D eigenvalue weighted by Gasteiger charge is 1.78. The van der Waals surface area contributed by atoms with Crippen LogP contribution in [0.1, 0.15) is 13.8 Å². The third kappa shape index (κ3) is 8.53. The van der Waals surface area contributed by atoms with Gasteiger partial charge in [0.1, 0.15) is 0 Å². The van der Waals surface area contributed by atoms with Crippen LogP contribution in [0.2, 0.25) is 0 Å². The van der Waals surface area contributed by atoms with Crippen LogP contribution in [0.25, 0.3) is 0 Å². The standard InChI is InChI=1S/C6H10S3/c1-3-5-7-9-8-6-4-2/h3-6H,1-2H3/b5-3-,6-4-. The predicted octanol–water partition coefficient (Wildman–Crippen LogP) is 4.08. The summed E-state index contributed by atoms with van der Waals surface area (Å²) in [5.74, 6) is 0. The summed E-state index contributed by atoms with van der Waals surface area (Å²) in [7, 11) is 5.24. The summed E-state index contributed by atoms with van der Waals surface area (Å²) in [6.45, 7) is 4.04. The van der Waals surface area contributed by atoms with Crippen LogP contribution in [0.5, 0.6) is 0 Å². The van der Waals surface area contributed by atoms with E-state index in [-0.39, 0.29) is 0 Å². The normalized spacial score (nSPS) is 11.8. The molecule has 0 aromatic rings. The lowest BCUT2D eigenvalue weighted by atomic mass is 10.8. The molecule has 0 spiro atoms.